The summed E-state index contributed by atoms with van der Waals surface area (Å²) >= 11 is 1.34. The lowest BCUT2D eigenvalue weighted by Crippen LogP contribution is -2.52. The molecule has 180 valence electrons. The molecule has 11 heteroatoms. The Morgan fingerprint density at radius 3 is 2.59 bits per heavy atom. The lowest BCUT2D eigenvalue weighted by atomic mass is 9.83. The number of pyridine rings is 1. The standard InChI is InChI=1S/C23H29FN8OS/c1-15-20(34-22(25-2)29-15)19-17(24)14-28-21(31-19)30-18-6-5-16(13-27-18)32-10-8-23(26-3,9-11-32)7-4-12-33/h5-6,12-14,26H,4,7-11H2,1-3H3,(H,25,29)(H,27,28,30,31). The van der Waals surface area contributed by atoms with Crippen molar-refractivity contribution in [3.63, 3.8) is 0 Å². The van der Waals surface area contributed by atoms with Gasteiger partial charge in [0, 0.05) is 32.1 Å². The van der Waals surface area contributed by atoms with Crippen LogP contribution in [0.4, 0.5) is 27.0 Å². The molecule has 3 aromatic rings. The second-order valence-corrected chi connectivity index (χ2v) is 9.32. The maximum absolute atomic E-state index is 14.5. The Labute approximate surface area is 202 Å². The first-order valence-corrected chi connectivity index (χ1v) is 12.1. The molecule has 0 amide bonds. The van der Waals surface area contributed by atoms with Crippen LogP contribution in [0.15, 0.2) is 24.5 Å². The molecule has 1 fully saturated rings. The Kier molecular flexibility index (Phi) is 7.32. The molecule has 4 heterocycles. The molecule has 1 saturated heterocycles. The van der Waals surface area contributed by atoms with Gasteiger partial charge in [0.25, 0.3) is 0 Å². The van der Waals surface area contributed by atoms with Crippen LogP contribution in [0.2, 0.25) is 0 Å². The second kappa shape index (κ2) is 10.4. The van der Waals surface area contributed by atoms with E-state index in [1.807, 2.05) is 32.3 Å². The van der Waals surface area contributed by atoms with Gasteiger partial charge in [0.15, 0.2) is 10.9 Å². The van der Waals surface area contributed by atoms with Gasteiger partial charge in [0.05, 0.1) is 28.7 Å². The molecule has 0 saturated carbocycles. The molecule has 0 spiro atoms. The minimum Gasteiger partial charge on any atom is -0.370 e. The Balaban J connectivity index is 1.43. The highest BCUT2D eigenvalue weighted by atomic mass is 32.1. The summed E-state index contributed by atoms with van der Waals surface area (Å²) in [5.41, 5.74) is 1.97. The average molecular weight is 485 g/mol. The molecule has 3 aromatic heterocycles. The number of aromatic nitrogens is 4. The quantitative estimate of drug-likeness (QED) is 0.391. The number of piperidine rings is 1. The van der Waals surface area contributed by atoms with Crippen LogP contribution in [-0.2, 0) is 4.79 Å². The molecule has 0 aliphatic carbocycles. The first kappa shape index (κ1) is 24.0. The lowest BCUT2D eigenvalue weighted by molar-refractivity contribution is -0.108. The molecule has 0 unspecified atom stereocenters. The van der Waals surface area contributed by atoms with E-state index < -0.39 is 5.82 Å². The number of carbonyl (C=O) groups is 1. The van der Waals surface area contributed by atoms with Gasteiger partial charge >= 0.3 is 0 Å². The summed E-state index contributed by atoms with van der Waals surface area (Å²) in [4.78, 5) is 31.1. The minimum absolute atomic E-state index is 0.0222. The molecule has 0 radical (unpaired) electrons. The van der Waals surface area contributed by atoms with Gasteiger partial charge < -0.3 is 25.6 Å². The number of hydrogen-bond donors (Lipinski definition) is 3. The minimum atomic E-state index is -0.501. The Bertz CT molecular complexity index is 1130. The number of nitrogens with one attached hydrogen (secondary N) is 3. The maximum Gasteiger partial charge on any atom is 0.229 e. The van der Waals surface area contributed by atoms with Crippen molar-refractivity contribution in [2.45, 2.75) is 38.1 Å². The predicted octanol–water partition coefficient (Wildman–Crippen LogP) is 3.77. The number of anilines is 4. The zero-order valence-corrected chi connectivity index (χ0v) is 20.4. The molecule has 1 aliphatic heterocycles. The lowest BCUT2D eigenvalue weighted by Gasteiger charge is -2.42. The number of aldehydes is 1. The van der Waals surface area contributed by atoms with Crippen LogP contribution in [-0.4, -0.2) is 58.9 Å². The normalized spacial score (nSPS) is 15.2. The van der Waals surface area contributed by atoms with Crippen LogP contribution in [0.1, 0.15) is 31.4 Å². The molecule has 4 rings (SSSR count). The Hall–Kier alpha value is -3.18. The zero-order valence-electron chi connectivity index (χ0n) is 19.6. The summed E-state index contributed by atoms with van der Waals surface area (Å²) < 4.78 is 14.5. The number of hydrogen-bond acceptors (Lipinski definition) is 10. The maximum atomic E-state index is 14.5. The van der Waals surface area contributed by atoms with Crippen LogP contribution < -0.4 is 20.9 Å². The molecule has 0 atom stereocenters. The van der Waals surface area contributed by atoms with E-state index in [1.165, 1.54) is 11.3 Å². The topological polar surface area (TPSA) is 108 Å². The van der Waals surface area contributed by atoms with Crippen molar-refractivity contribution in [3.8, 4) is 10.6 Å². The molecule has 9 nitrogen and oxygen atoms in total. The van der Waals surface area contributed by atoms with E-state index in [2.05, 4.69) is 40.8 Å². The van der Waals surface area contributed by atoms with Crippen molar-refractivity contribution in [2.75, 3.05) is 42.7 Å². The number of rotatable bonds is 9. The van der Waals surface area contributed by atoms with E-state index in [9.17, 15) is 9.18 Å². The predicted molar refractivity (Wildman–Crippen MR) is 133 cm³/mol. The number of aryl methyl sites for hydroxylation is 1. The van der Waals surface area contributed by atoms with E-state index in [1.54, 1.807) is 7.05 Å². The summed E-state index contributed by atoms with van der Waals surface area (Å²) in [5, 5.41) is 10.2. The number of nitrogens with zero attached hydrogens (tertiary/aromatic N) is 5. The van der Waals surface area contributed by atoms with Crippen molar-refractivity contribution in [1.29, 1.82) is 0 Å². The molecule has 34 heavy (non-hydrogen) atoms. The van der Waals surface area contributed by atoms with Crippen LogP contribution in [0.25, 0.3) is 10.6 Å². The van der Waals surface area contributed by atoms with Gasteiger partial charge in [-0.3, -0.25) is 0 Å². The van der Waals surface area contributed by atoms with Crippen molar-refractivity contribution >= 4 is 40.2 Å². The van der Waals surface area contributed by atoms with Gasteiger partial charge in [0.1, 0.15) is 17.8 Å². The third kappa shape index (κ3) is 5.15. The molecule has 3 N–H and O–H groups in total. The summed E-state index contributed by atoms with van der Waals surface area (Å²) in [6, 6.07) is 3.87. The third-order valence-electron chi connectivity index (χ3n) is 6.31. The van der Waals surface area contributed by atoms with Crippen LogP contribution in [0.3, 0.4) is 0 Å². The van der Waals surface area contributed by atoms with Crippen molar-refractivity contribution in [2.24, 2.45) is 0 Å². The van der Waals surface area contributed by atoms with Gasteiger partial charge in [-0.2, -0.15) is 0 Å². The highest BCUT2D eigenvalue weighted by Gasteiger charge is 2.32. The van der Waals surface area contributed by atoms with Gasteiger partial charge in [-0.15, -0.1) is 0 Å². The van der Waals surface area contributed by atoms with Crippen LogP contribution in [0.5, 0.6) is 0 Å². The Morgan fingerprint density at radius 1 is 1.18 bits per heavy atom. The number of thiazole rings is 1. The molecular formula is C23H29FN8OS. The summed E-state index contributed by atoms with van der Waals surface area (Å²) in [7, 11) is 3.75. The second-order valence-electron chi connectivity index (χ2n) is 8.32. The highest BCUT2D eigenvalue weighted by molar-refractivity contribution is 7.19. The van der Waals surface area contributed by atoms with Crippen molar-refractivity contribution in [1.82, 2.24) is 25.3 Å². The zero-order chi connectivity index (χ0) is 24.1. The largest absolute Gasteiger partial charge is 0.370 e. The van der Waals surface area contributed by atoms with Gasteiger partial charge in [0.2, 0.25) is 5.95 Å². The summed E-state index contributed by atoms with van der Waals surface area (Å²) in [5.74, 6) is 0.340. The monoisotopic (exact) mass is 484 g/mol. The summed E-state index contributed by atoms with van der Waals surface area (Å²) in [6.45, 7) is 3.61. The van der Waals surface area contributed by atoms with Gasteiger partial charge in [-0.25, -0.2) is 24.3 Å². The van der Waals surface area contributed by atoms with Crippen molar-refractivity contribution in [3.05, 3.63) is 36.0 Å². The van der Waals surface area contributed by atoms with E-state index in [-0.39, 0.29) is 17.2 Å². The van der Waals surface area contributed by atoms with E-state index in [4.69, 9.17) is 0 Å². The Morgan fingerprint density at radius 2 is 1.97 bits per heavy atom. The fourth-order valence-electron chi connectivity index (χ4n) is 4.22. The third-order valence-corrected chi connectivity index (χ3v) is 7.50. The number of halogens is 1. The van der Waals surface area contributed by atoms with Crippen molar-refractivity contribution < 1.29 is 9.18 Å². The van der Waals surface area contributed by atoms with Crippen LogP contribution >= 0.6 is 11.3 Å². The first-order valence-electron chi connectivity index (χ1n) is 11.3. The number of carbonyl (C=O) groups excluding carboxylic acids is 1. The highest BCUT2D eigenvalue weighted by Crippen LogP contribution is 2.33. The smallest absolute Gasteiger partial charge is 0.229 e. The molecule has 0 aromatic carbocycles. The fourth-order valence-corrected chi connectivity index (χ4v) is 5.14. The SMILES string of the molecule is CNc1nc(C)c(-c2nc(Nc3ccc(N4CCC(CCC=O)(NC)CC4)cn3)ncc2F)s1. The fraction of sp³-hybridized carbons (Fsp3) is 0.435. The molecular weight excluding hydrogens is 455 g/mol. The van der Waals surface area contributed by atoms with Crippen LogP contribution in [0, 0.1) is 12.7 Å². The van der Waals surface area contributed by atoms with E-state index in [0.717, 1.165) is 50.5 Å². The van der Waals surface area contributed by atoms with E-state index >= 15 is 0 Å². The first-order chi connectivity index (χ1) is 16.5. The average Bonchev–Trinajstić information content (AvgIpc) is 3.25. The van der Waals surface area contributed by atoms with E-state index in [0.29, 0.717) is 27.9 Å². The molecule has 0 bridgehead atoms. The summed E-state index contributed by atoms with van der Waals surface area (Å²) in [6.07, 6.45) is 7.34. The van der Waals surface area contributed by atoms with Gasteiger partial charge in [-0.1, -0.05) is 11.3 Å². The van der Waals surface area contributed by atoms with Gasteiger partial charge in [-0.05, 0) is 45.4 Å². The molecule has 1 aliphatic rings.